The molecule has 0 saturated heterocycles. The third kappa shape index (κ3) is 6.53. The molecule has 0 aliphatic carbocycles. The standard InChI is InChI=1S/C16H17FN2O6S2/c1-12(20)18-27(23,24)16-8-4-14(5-9-16)19-26(21,22)11-10-25-15-6-2-13(17)3-7-15/h2-9,19H,10-11H2,1H3,(H,18,20). The van der Waals surface area contributed by atoms with E-state index in [1.807, 2.05) is 0 Å². The second kappa shape index (κ2) is 8.35. The fraction of sp³-hybridized carbons (Fsp3) is 0.188. The number of ether oxygens (including phenoxy) is 1. The van der Waals surface area contributed by atoms with Gasteiger partial charge in [-0.25, -0.2) is 25.9 Å². The molecule has 0 fully saturated rings. The zero-order valence-electron chi connectivity index (χ0n) is 14.2. The van der Waals surface area contributed by atoms with Gasteiger partial charge in [0.15, 0.2) is 0 Å². The van der Waals surface area contributed by atoms with Crippen molar-refractivity contribution in [3.05, 3.63) is 54.3 Å². The first-order valence-electron chi connectivity index (χ1n) is 7.60. The van der Waals surface area contributed by atoms with E-state index < -0.39 is 31.8 Å². The van der Waals surface area contributed by atoms with Gasteiger partial charge in [-0.15, -0.1) is 0 Å². The number of sulfonamides is 2. The molecule has 0 spiro atoms. The van der Waals surface area contributed by atoms with E-state index in [2.05, 4.69) is 4.72 Å². The minimum absolute atomic E-state index is 0.151. The molecular weight excluding hydrogens is 399 g/mol. The Hall–Kier alpha value is -2.66. The second-order valence-electron chi connectivity index (χ2n) is 5.41. The lowest BCUT2D eigenvalue weighted by Gasteiger charge is -2.10. The summed E-state index contributed by atoms with van der Waals surface area (Å²) in [5, 5.41) is 0. The Balaban J connectivity index is 1.94. The van der Waals surface area contributed by atoms with Crippen LogP contribution in [0, 0.1) is 5.82 Å². The molecule has 0 bridgehead atoms. The smallest absolute Gasteiger partial charge is 0.264 e. The van der Waals surface area contributed by atoms with Crippen molar-refractivity contribution in [1.82, 2.24) is 4.72 Å². The monoisotopic (exact) mass is 416 g/mol. The van der Waals surface area contributed by atoms with E-state index in [0.29, 0.717) is 5.75 Å². The molecule has 1 amide bonds. The highest BCUT2D eigenvalue weighted by atomic mass is 32.2. The Bertz CT molecular complexity index is 1000. The summed E-state index contributed by atoms with van der Waals surface area (Å²) in [6.07, 6.45) is 0. The summed E-state index contributed by atoms with van der Waals surface area (Å²) >= 11 is 0. The SMILES string of the molecule is CC(=O)NS(=O)(=O)c1ccc(NS(=O)(=O)CCOc2ccc(F)cc2)cc1. The summed E-state index contributed by atoms with van der Waals surface area (Å²) in [5.41, 5.74) is 0.151. The summed E-state index contributed by atoms with van der Waals surface area (Å²) in [5.74, 6) is -1.20. The van der Waals surface area contributed by atoms with Crippen LogP contribution in [-0.4, -0.2) is 35.1 Å². The molecule has 0 radical (unpaired) electrons. The maximum Gasteiger partial charge on any atom is 0.264 e. The number of nitrogens with one attached hydrogen (secondary N) is 2. The minimum atomic E-state index is -3.99. The van der Waals surface area contributed by atoms with E-state index in [-0.39, 0.29) is 22.9 Å². The highest BCUT2D eigenvalue weighted by Crippen LogP contribution is 2.16. The Morgan fingerprint density at radius 2 is 1.59 bits per heavy atom. The van der Waals surface area contributed by atoms with E-state index in [4.69, 9.17) is 4.74 Å². The summed E-state index contributed by atoms with van der Waals surface area (Å²) in [6.45, 7) is 0.907. The third-order valence-corrected chi connectivity index (χ3v) is 5.85. The Labute approximate surface area is 156 Å². The van der Waals surface area contributed by atoms with Crippen molar-refractivity contribution in [2.75, 3.05) is 17.1 Å². The first-order valence-corrected chi connectivity index (χ1v) is 10.7. The van der Waals surface area contributed by atoms with E-state index in [1.54, 1.807) is 4.72 Å². The number of hydrogen-bond acceptors (Lipinski definition) is 6. The number of halogens is 1. The fourth-order valence-corrected chi connectivity index (χ4v) is 3.87. The summed E-state index contributed by atoms with van der Waals surface area (Å²) < 4.78 is 69.8. The van der Waals surface area contributed by atoms with Crippen LogP contribution in [0.3, 0.4) is 0 Å². The largest absolute Gasteiger partial charge is 0.492 e. The van der Waals surface area contributed by atoms with Crippen molar-refractivity contribution in [2.24, 2.45) is 0 Å². The molecule has 8 nitrogen and oxygen atoms in total. The van der Waals surface area contributed by atoms with E-state index in [9.17, 15) is 26.0 Å². The normalized spacial score (nSPS) is 11.6. The Morgan fingerprint density at radius 1 is 1.00 bits per heavy atom. The average molecular weight is 416 g/mol. The molecule has 0 heterocycles. The molecule has 0 atom stereocenters. The molecule has 0 aliphatic heterocycles. The van der Waals surface area contributed by atoms with E-state index >= 15 is 0 Å². The number of benzene rings is 2. The number of anilines is 1. The van der Waals surface area contributed by atoms with Crippen molar-refractivity contribution in [1.29, 1.82) is 0 Å². The molecule has 0 aromatic heterocycles. The van der Waals surface area contributed by atoms with Crippen molar-refractivity contribution >= 4 is 31.6 Å². The molecular formula is C16H17FN2O6S2. The first kappa shape index (κ1) is 20.6. The van der Waals surface area contributed by atoms with Crippen LogP contribution in [0.1, 0.15) is 6.92 Å². The Kier molecular flexibility index (Phi) is 6.39. The van der Waals surface area contributed by atoms with Crippen molar-refractivity contribution in [3.63, 3.8) is 0 Å². The lowest BCUT2D eigenvalue weighted by molar-refractivity contribution is -0.117. The number of hydrogen-bond donors (Lipinski definition) is 2. The molecule has 0 saturated carbocycles. The van der Waals surface area contributed by atoms with Gasteiger partial charge in [0, 0.05) is 12.6 Å². The van der Waals surface area contributed by atoms with Crippen LogP contribution in [0.2, 0.25) is 0 Å². The highest BCUT2D eigenvalue weighted by molar-refractivity contribution is 7.92. The maximum atomic E-state index is 12.8. The number of amides is 1. The van der Waals surface area contributed by atoms with Crippen LogP contribution in [0.25, 0.3) is 0 Å². The maximum absolute atomic E-state index is 12.8. The van der Waals surface area contributed by atoms with Crippen LogP contribution >= 0.6 is 0 Å². The number of carbonyl (C=O) groups excluding carboxylic acids is 1. The van der Waals surface area contributed by atoms with Crippen LogP contribution in [0.5, 0.6) is 5.75 Å². The highest BCUT2D eigenvalue weighted by Gasteiger charge is 2.16. The second-order valence-corrected chi connectivity index (χ2v) is 8.93. The third-order valence-electron chi connectivity index (χ3n) is 3.15. The zero-order chi connectivity index (χ0) is 20.1. The molecule has 2 N–H and O–H groups in total. The van der Waals surface area contributed by atoms with Crippen molar-refractivity contribution < 1.29 is 30.8 Å². The lowest BCUT2D eigenvalue weighted by Crippen LogP contribution is -2.28. The van der Waals surface area contributed by atoms with Crippen molar-refractivity contribution in [3.8, 4) is 5.75 Å². The van der Waals surface area contributed by atoms with Gasteiger partial charge in [-0.05, 0) is 48.5 Å². The van der Waals surface area contributed by atoms with Gasteiger partial charge in [0.1, 0.15) is 23.9 Å². The van der Waals surface area contributed by atoms with Crippen molar-refractivity contribution in [2.45, 2.75) is 11.8 Å². The van der Waals surface area contributed by atoms with Gasteiger partial charge in [-0.2, -0.15) is 0 Å². The van der Waals surface area contributed by atoms with Gasteiger partial charge in [0.05, 0.1) is 4.90 Å². The first-order chi connectivity index (χ1) is 12.6. The van der Waals surface area contributed by atoms with Crippen LogP contribution in [0.15, 0.2) is 53.4 Å². The van der Waals surface area contributed by atoms with Crippen LogP contribution in [0.4, 0.5) is 10.1 Å². The molecule has 2 aromatic carbocycles. The molecule has 27 heavy (non-hydrogen) atoms. The van der Waals surface area contributed by atoms with Gasteiger partial charge in [-0.3, -0.25) is 9.52 Å². The summed E-state index contributed by atoms with van der Waals surface area (Å²) in [7, 11) is -7.74. The molecule has 2 aromatic rings. The molecule has 0 unspecified atom stereocenters. The topological polar surface area (TPSA) is 119 Å². The lowest BCUT2D eigenvalue weighted by atomic mass is 10.3. The Morgan fingerprint density at radius 3 is 2.15 bits per heavy atom. The van der Waals surface area contributed by atoms with E-state index in [1.165, 1.54) is 36.4 Å². The minimum Gasteiger partial charge on any atom is -0.492 e. The van der Waals surface area contributed by atoms with Gasteiger partial charge in [-0.1, -0.05) is 0 Å². The fourth-order valence-electron chi connectivity index (χ4n) is 1.98. The number of carbonyl (C=O) groups is 1. The van der Waals surface area contributed by atoms with Gasteiger partial charge in [0.25, 0.3) is 10.0 Å². The average Bonchev–Trinajstić information content (AvgIpc) is 2.55. The van der Waals surface area contributed by atoms with E-state index in [0.717, 1.165) is 19.1 Å². The molecule has 0 aliphatic rings. The molecule has 146 valence electrons. The van der Waals surface area contributed by atoms with Crippen LogP contribution < -0.4 is 14.2 Å². The van der Waals surface area contributed by atoms with Crippen LogP contribution in [-0.2, 0) is 24.8 Å². The zero-order valence-corrected chi connectivity index (χ0v) is 15.8. The van der Waals surface area contributed by atoms with Gasteiger partial charge >= 0.3 is 0 Å². The summed E-state index contributed by atoms with van der Waals surface area (Å²) in [6, 6.07) is 9.99. The number of rotatable bonds is 8. The quantitative estimate of drug-likeness (QED) is 0.673. The van der Waals surface area contributed by atoms with Gasteiger partial charge in [0.2, 0.25) is 15.9 Å². The molecule has 11 heteroatoms. The van der Waals surface area contributed by atoms with Gasteiger partial charge < -0.3 is 4.74 Å². The predicted molar refractivity (Wildman–Crippen MR) is 96.7 cm³/mol. The summed E-state index contributed by atoms with van der Waals surface area (Å²) in [4.78, 5) is 10.7. The predicted octanol–water partition coefficient (Wildman–Crippen LogP) is 1.47. The molecule has 2 rings (SSSR count).